The Kier molecular flexibility index (Phi) is 7.91. The van der Waals surface area contributed by atoms with Crippen LogP contribution in [0.5, 0.6) is 0 Å². The average Bonchev–Trinajstić information content (AvgIpc) is 2.84. The van der Waals surface area contributed by atoms with E-state index in [1.54, 1.807) is 5.57 Å². The minimum absolute atomic E-state index is 0.297. The van der Waals surface area contributed by atoms with Crippen LogP contribution in [0.15, 0.2) is 60.2 Å². The first-order valence-corrected chi connectivity index (χ1v) is 13.4. The van der Waals surface area contributed by atoms with Crippen molar-refractivity contribution in [1.29, 1.82) is 0 Å². The molecule has 0 radical (unpaired) electrons. The summed E-state index contributed by atoms with van der Waals surface area (Å²) in [6.45, 7) is 4.69. The summed E-state index contributed by atoms with van der Waals surface area (Å²) >= 11 is 0. The molecule has 1 aromatic rings. The lowest BCUT2D eigenvalue weighted by Crippen LogP contribution is -2.35. The molecule has 1 saturated carbocycles. The molecule has 4 rings (SSSR count). The lowest BCUT2D eigenvalue weighted by atomic mass is 9.58. The van der Waals surface area contributed by atoms with E-state index in [2.05, 4.69) is 68.5 Å². The van der Waals surface area contributed by atoms with E-state index in [1.165, 1.54) is 94.6 Å². The van der Waals surface area contributed by atoms with Crippen molar-refractivity contribution in [2.45, 2.75) is 97.3 Å². The zero-order valence-electron chi connectivity index (χ0n) is 20.1. The Hall–Kier alpha value is -1.56. The van der Waals surface area contributed by atoms with E-state index in [1.807, 2.05) is 0 Å². The largest absolute Gasteiger partial charge is 0.0842 e. The van der Waals surface area contributed by atoms with E-state index >= 15 is 0 Å². The van der Waals surface area contributed by atoms with Crippen molar-refractivity contribution in [2.24, 2.45) is 23.2 Å². The van der Waals surface area contributed by atoms with E-state index < -0.39 is 0 Å². The number of hydrogen-bond donors (Lipinski definition) is 0. The number of unbranched alkanes of at least 4 members (excludes halogenated alkanes) is 1. The molecular formula is C31H44. The number of benzene rings is 1. The van der Waals surface area contributed by atoms with Gasteiger partial charge in [-0.1, -0.05) is 119 Å². The highest BCUT2D eigenvalue weighted by molar-refractivity contribution is 5.75. The molecular weight excluding hydrogens is 372 g/mol. The molecule has 168 valence electrons. The van der Waals surface area contributed by atoms with Crippen LogP contribution in [-0.2, 0) is 0 Å². The van der Waals surface area contributed by atoms with Crippen molar-refractivity contribution >= 4 is 5.57 Å². The van der Waals surface area contributed by atoms with Gasteiger partial charge in [0.15, 0.2) is 0 Å². The lowest BCUT2D eigenvalue weighted by molar-refractivity contribution is 0.161. The highest BCUT2D eigenvalue weighted by Crippen LogP contribution is 2.54. The third kappa shape index (κ3) is 5.27. The van der Waals surface area contributed by atoms with Gasteiger partial charge in [0.1, 0.15) is 0 Å². The van der Waals surface area contributed by atoms with Crippen LogP contribution in [0.3, 0.4) is 0 Å². The standard InChI is InChI=1S/C31H44/c1-3-5-10-26-15-19-30(20-16-26)31(29-17-13-25(9-4-2)14-18-29)23-21-28(22-24-31)27-11-7-6-8-12-27/h6-8,11-12,19,21-23,25-26,29H,3-5,9-10,13-18,20,24H2,1-2H3. The Bertz CT molecular complexity index is 772. The van der Waals surface area contributed by atoms with Gasteiger partial charge in [0, 0.05) is 5.41 Å². The third-order valence-corrected chi connectivity index (χ3v) is 8.68. The van der Waals surface area contributed by atoms with E-state index in [-0.39, 0.29) is 0 Å². The van der Waals surface area contributed by atoms with Crippen LogP contribution in [0.2, 0.25) is 0 Å². The summed E-state index contributed by atoms with van der Waals surface area (Å²) in [6.07, 6.45) is 28.4. The van der Waals surface area contributed by atoms with Crippen LogP contribution in [0.25, 0.3) is 5.57 Å². The molecule has 3 aliphatic carbocycles. The van der Waals surface area contributed by atoms with Crippen molar-refractivity contribution < 1.29 is 0 Å². The molecule has 0 saturated heterocycles. The number of rotatable bonds is 8. The van der Waals surface area contributed by atoms with Gasteiger partial charge in [0.25, 0.3) is 0 Å². The molecule has 0 nitrogen and oxygen atoms in total. The van der Waals surface area contributed by atoms with Gasteiger partial charge in [0.2, 0.25) is 0 Å². The van der Waals surface area contributed by atoms with Crippen LogP contribution in [0.4, 0.5) is 0 Å². The first kappa shape index (κ1) is 22.6. The summed E-state index contributed by atoms with van der Waals surface area (Å²) < 4.78 is 0. The molecule has 0 spiro atoms. The van der Waals surface area contributed by atoms with E-state index in [4.69, 9.17) is 0 Å². The van der Waals surface area contributed by atoms with Gasteiger partial charge >= 0.3 is 0 Å². The minimum atomic E-state index is 0.297. The maximum Gasteiger partial charge on any atom is 0.0157 e. The van der Waals surface area contributed by atoms with Gasteiger partial charge in [0.05, 0.1) is 0 Å². The van der Waals surface area contributed by atoms with Crippen LogP contribution in [0, 0.1) is 23.2 Å². The fourth-order valence-electron chi connectivity index (χ4n) is 6.74. The van der Waals surface area contributed by atoms with Crippen molar-refractivity contribution in [3.8, 4) is 0 Å². The van der Waals surface area contributed by atoms with Crippen molar-refractivity contribution in [3.05, 3.63) is 65.8 Å². The summed E-state index contributed by atoms with van der Waals surface area (Å²) in [5.41, 5.74) is 4.88. The van der Waals surface area contributed by atoms with Crippen LogP contribution >= 0.6 is 0 Å². The van der Waals surface area contributed by atoms with Gasteiger partial charge in [-0.2, -0.15) is 0 Å². The molecule has 0 bridgehead atoms. The van der Waals surface area contributed by atoms with E-state index in [0.717, 1.165) is 17.8 Å². The highest BCUT2D eigenvalue weighted by atomic mass is 14.5. The fourth-order valence-corrected chi connectivity index (χ4v) is 6.74. The lowest BCUT2D eigenvalue weighted by Gasteiger charge is -2.46. The van der Waals surface area contributed by atoms with E-state index in [0.29, 0.717) is 5.41 Å². The molecule has 2 unspecified atom stereocenters. The highest BCUT2D eigenvalue weighted by Gasteiger charge is 2.42. The maximum absolute atomic E-state index is 2.70. The maximum atomic E-state index is 2.70. The van der Waals surface area contributed by atoms with Crippen LogP contribution in [0.1, 0.15) is 103 Å². The molecule has 1 aromatic carbocycles. The Morgan fingerprint density at radius 2 is 1.65 bits per heavy atom. The first-order valence-electron chi connectivity index (χ1n) is 13.4. The molecule has 0 heterocycles. The smallest absolute Gasteiger partial charge is 0.0157 e. The molecule has 0 aromatic heterocycles. The quantitative estimate of drug-likeness (QED) is 0.370. The summed E-state index contributed by atoms with van der Waals surface area (Å²) in [7, 11) is 0. The summed E-state index contributed by atoms with van der Waals surface area (Å²) in [6, 6.07) is 11.0. The minimum Gasteiger partial charge on any atom is -0.0842 e. The Morgan fingerprint density at radius 3 is 2.26 bits per heavy atom. The molecule has 0 heteroatoms. The second kappa shape index (κ2) is 10.8. The molecule has 1 fully saturated rings. The Morgan fingerprint density at radius 1 is 0.839 bits per heavy atom. The zero-order chi connectivity index (χ0) is 21.5. The number of allylic oxidation sites excluding steroid dienone is 6. The Labute approximate surface area is 191 Å². The monoisotopic (exact) mass is 416 g/mol. The molecule has 3 aliphatic rings. The Balaban J connectivity index is 1.54. The predicted molar refractivity (Wildman–Crippen MR) is 136 cm³/mol. The van der Waals surface area contributed by atoms with Crippen LogP contribution in [-0.4, -0.2) is 0 Å². The fraction of sp³-hybridized carbons (Fsp3) is 0.613. The van der Waals surface area contributed by atoms with Crippen molar-refractivity contribution in [1.82, 2.24) is 0 Å². The van der Waals surface area contributed by atoms with E-state index in [9.17, 15) is 0 Å². The van der Waals surface area contributed by atoms with Gasteiger partial charge < -0.3 is 0 Å². The van der Waals surface area contributed by atoms with Gasteiger partial charge in [-0.3, -0.25) is 0 Å². The molecule has 31 heavy (non-hydrogen) atoms. The van der Waals surface area contributed by atoms with Gasteiger partial charge in [-0.15, -0.1) is 0 Å². The second-order valence-electron chi connectivity index (χ2n) is 10.6. The molecule has 0 aliphatic heterocycles. The van der Waals surface area contributed by atoms with Crippen molar-refractivity contribution in [2.75, 3.05) is 0 Å². The normalized spacial score (nSPS) is 31.2. The molecule has 0 N–H and O–H groups in total. The summed E-state index contributed by atoms with van der Waals surface area (Å²) in [4.78, 5) is 0. The molecule has 2 atom stereocenters. The number of hydrogen-bond acceptors (Lipinski definition) is 0. The third-order valence-electron chi connectivity index (χ3n) is 8.68. The average molecular weight is 417 g/mol. The predicted octanol–water partition coefficient (Wildman–Crippen LogP) is 9.54. The van der Waals surface area contributed by atoms with Gasteiger partial charge in [-0.25, -0.2) is 0 Å². The van der Waals surface area contributed by atoms with Crippen LogP contribution < -0.4 is 0 Å². The second-order valence-corrected chi connectivity index (χ2v) is 10.6. The topological polar surface area (TPSA) is 0 Å². The first-order chi connectivity index (χ1) is 15.2. The molecule has 0 amide bonds. The SMILES string of the molecule is CCCCC1CC=C(C2(C3CCC(CCC)CC3)C=CC(c3ccccc3)=CC2)CC1. The van der Waals surface area contributed by atoms with Crippen molar-refractivity contribution in [3.63, 3.8) is 0 Å². The summed E-state index contributed by atoms with van der Waals surface area (Å²) in [5, 5.41) is 0. The van der Waals surface area contributed by atoms with Gasteiger partial charge in [-0.05, 0) is 67.4 Å². The zero-order valence-corrected chi connectivity index (χ0v) is 20.1. The summed E-state index contributed by atoms with van der Waals surface area (Å²) in [5.74, 6) is 2.76.